The van der Waals surface area contributed by atoms with Gasteiger partial charge in [0.2, 0.25) is 0 Å². The zero-order valence-corrected chi connectivity index (χ0v) is 16.4. The number of non-ortho nitro benzene ring substituents is 1. The minimum atomic E-state index is -0.555. The summed E-state index contributed by atoms with van der Waals surface area (Å²) < 4.78 is 0. The van der Waals surface area contributed by atoms with Crippen LogP contribution in [-0.4, -0.2) is 21.0 Å². The molecule has 2 N–H and O–H groups in total. The zero-order chi connectivity index (χ0) is 21.7. The number of carbonyl (C=O) groups excluding carboxylic acids is 1. The third-order valence-electron chi connectivity index (χ3n) is 4.51. The van der Waals surface area contributed by atoms with Gasteiger partial charge in [-0.15, -0.1) is 0 Å². The summed E-state index contributed by atoms with van der Waals surface area (Å²) in [6, 6.07) is 15.3. The summed E-state index contributed by atoms with van der Waals surface area (Å²) in [5.74, 6) is -0.182. The van der Waals surface area contributed by atoms with Gasteiger partial charge in [-0.25, -0.2) is 0 Å². The van der Waals surface area contributed by atoms with Gasteiger partial charge in [-0.2, -0.15) is 10.4 Å². The number of carbonyl (C=O) groups is 1. The molecule has 0 radical (unpaired) electrons. The van der Waals surface area contributed by atoms with Gasteiger partial charge in [0.15, 0.2) is 0 Å². The number of nitriles is 1. The van der Waals surface area contributed by atoms with Crippen molar-refractivity contribution in [1.82, 2.24) is 10.2 Å². The van der Waals surface area contributed by atoms with Crippen LogP contribution in [0.2, 0.25) is 0 Å². The van der Waals surface area contributed by atoms with Crippen LogP contribution in [-0.2, 0) is 4.79 Å². The minimum absolute atomic E-state index is 0.0693. The third kappa shape index (κ3) is 4.59. The molecule has 8 heteroatoms. The van der Waals surface area contributed by atoms with E-state index in [2.05, 4.69) is 29.4 Å². The van der Waals surface area contributed by atoms with Gasteiger partial charge < -0.3 is 5.32 Å². The lowest BCUT2D eigenvalue weighted by Crippen LogP contribution is -2.13. The van der Waals surface area contributed by atoms with E-state index >= 15 is 0 Å². The molecule has 0 atom stereocenters. The number of nitro benzene ring substituents is 1. The van der Waals surface area contributed by atoms with Crippen LogP contribution in [0.4, 0.5) is 11.4 Å². The Morgan fingerprint density at radius 3 is 2.63 bits per heavy atom. The largest absolute Gasteiger partial charge is 0.321 e. The smallest absolute Gasteiger partial charge is 0.270 e. The molecule has 30 heavy (non-hydrogen) atoms. The molecule has 0 bridgehead atoms. The Labute approximate surface area is 173 Å². The highest BCUT2D eigenvalue weighted by molar-refractivity contribution is 6.10. The minimum Gasteiger partial charge on any atom is -0.321 e. The normalized spacial score (nSPS) is 11.2. The van der Waals surface area contributed by atoms with Gasteiger partial charge in [0.1, 0.15) is 11.6 Å². The van der Waals surface area contributed by atoms with Crippen LogP contribution in [0.15, 0.2) is 60.3 Å². The van der Waals surface area contributed by atoms with Crippen LogP contribution in [0.5, 0.6) is 0 Å². The van der Waals surface area contributed by atoms with Crippen LogP contribution < -0.4 is 5.32 Å². The van der Waals surface area contributed by atoms with Crippen LogP contribution in [0.25, 0.3) is 17.3 Å². The first-order chi connectivity index (χ1) is 14.4. The van der Waals surface area contributed by atoms with Gasteiger partial charge in [-0.3, -0.25) is 20.0 Å². The van der Waals surface area contributed by atoms with Gasteiger partial charge in [0, 0.05) is 28.9 Å². The summed E-state index contributed by atoms with van der Waals surface area (Å²) in [6.07, 6.45) is 2.85. The number of H-pyrrole nitrogens is 1. The topological polar surface area (TPSA) is 125 Å². The second-order valence-electron chi connectivity index (χ2n) is 6.91. The maximum atomic E-state index is 12.6. The summed E-state index contributed by atoms with van der Waals surface area (Å²) in [4.78, 5) is 23.1. The van der Waals surface area contributed by atoms with Crippen molar-refractivity contribution >= 4 is 23.4 Å². The third-order valence-corrected chi connectivity index (χ3v) is 4.51. The number of nitrogens with zero attached hydrogens (tertiary/aromatic N) is 3. The first kappa shape index (κ1) is 20.5. The molecular formula is C22H19N5O3. The molecule has 3 aromatic rings. The molecule has 0 aliphatic carbocycles. The number of aromatic nitrogens is 2. The maximum absolute atomic E-state index is 12.6. The van der Waals surface area contributed by atoms with Gasteiger partial charge >= 0.3 is 0 Å². The molecule has 1 amide bonds. The van der Waals surface area contributed by atoms with Gasteiger partial charge in [0.25, 0.3) is 11.6 Å². The van der Waals surface area contributed by atoms with E-state index in [9.17, 15) is 20.2 Å². The van der Waals surface area contributed by atoms with E-state index in [-0.39, 0.29) is 11.3 Å². The van der Waals surface area contributed by atoms with E-state index in [1.807, 2.05) is 18.2 Å². The SMILES string of the molecule is CC(C)c1ccc(NC(=O)C(C#N)=Cc2cn[nH]c2-c2cccc([N+](=O)[O-])c2)cc1. The molecule has 3 rings (SSSR count). The standard InChI is InChI=1S/C22H19N5O3/c1-14(2)15-6-8-19(9-7-15)25-22(28)17(12-23)10-18-13-24-26-21(18)16-4-3-5-20(11-16)27(29)30/h3-11,13-14H,1-2H3,(H,24,26)(H,25,28). The Morgan fingerprint density at radius 2 is 2.00 bits per heavy atom. The van der Waals surface area contributed by atoms with E-state index in [0.29, 0.717) is 28.4 Å². The summed E-state index contributed by atoms with van der Waals surface area (Å²) in [5, 5.41) is 29.9. The molecular weight excluding hydrogens is 382 g/mol. The number of nitrogens with one attached hydrogen (secondary N) is 2. The Kier molecular flexibility index (Phi) is 6.03. The number of hydrogen-bond acceptors (Lipinski definition) is 5. The highest BCUT2D eigenvalue weighted by Gasteiger charge is 2.15. The number of benzene rings is 2. The van der Waals surface area contributed by atoms with Crippen LogP contribution >= 0.6 is 0 Å². The van der Waals surface area contributed by atoms with Crippen LogP contribution in [0.1, 0.15) is 30.9 Å². The molecule has 0 aliphatic heterocycles. The molecule has 0 aliphatic rings. The van der Waals surface area contributed by atoms with Gasteiger partial charge in [0.05, 0.1) is 16.8 Å². The van der Waals surface area contributed by atoms with Gasteiger partial charge in [-0.1, -0.05) is 38.1 Å². The number of hydrogen-bond donors (Lipinski definition) is 2. The lowest BCUT2D eigenvalue weighted by Gasteiger charge is -2.08. The zero-order valence-electron chi connectivity index (χ0n) is 16.4. The first-order valence-electron chi connectivity index (χ1n) is 9.20. The molecule has 1 heterocycles. The van der Waals surface area contributed by atoms with Crippen molar-refractivity contribution < 1.29 is 9.72 Å². The Bertz CT molecular complexity index is 1150. The molecule has 0 fully saturated rings. The summed E-state index contributed by atoms with van der Waals surface area (Å²) in [7, 11) is 0. The van der Waals surface area contributed by atoms with Crippen molar-refractivity contribution in [3.63, 3.8) is 0 Å². The van der Waals surface area contributed by atoms with Crippen molar-refractivity contribution in [3.05, 3.63) is 81.5 Å². The summed E-state index contributed by atoms with van der Waals surface area (Å²) in [6.45, 7) is 4.15. The second kappa shape index (κ2) is 8.84. The van der Waals surface area contributed by atoms with Gasteiger partial charge in [-0.05, 0) is 29.7 Å². The first-order valence-corrected chi connectivity index (χ1v) is 9.20. The molecule has 150 valence electrons. The molecule has 0 unspecified atom stereocenters. The van der Waals surface area contributed by atoms with Crippen molar-refractivity contribution in [2.45, 2.75) is 19.8 Å². The highest BCUT2D eigenvalue weighted by atomic mass is 16.6. The predicted molar refractivity (Wildman–Crippen MR) is 113 cm³/mol. The summed E-state index contributed by atoms with van der Waals surface area (Å²) >= 11 is 0. The van der Waals surface area contributed by atoms with E-state index in [1.54, 1.807) is 24.3 Å². The van der Waals surface area contributed by atoms with E-state index in [4.69, 9.17) is 0 Å². The number of aromatic amines is 1. The van der Waals surface area contributed by atoms with Crippen molar-refractivity contribution in [3.8, 4) is 17.3 Å². The van der Waals surface area contributed by atoms with E-state index < -0.39 is 10.8 Å². The maximum Gasteiger partial charge on any atom is 0.270 e. The van der Waals surface area contributed by atoms with E-state index in [1.165, 1.54) is 24.4 Å². The predicted octanol–water partition coefficient (Wildman–Crippen LogP) is 4.65. The molecule has 0 saturated carbocycles. The lowest BCUT2D eigenvalue weighted by molar-refractivity contribution is -0.384. The lowest BCUT2D eigenvalue weighted by atomic mass is 10.0. The highest BCUT2D eigenvalue weighted by Crippen LogP contribution is 2.26. The molecule has 8 nitrogen and oxygen atoms in total. The monoisotopic (exact) mass is 401 g/mol. The van der Waals surface area contributed by atoms with Crippen LogP contribution in [0, 0.1) is 21.4 Å². The average Bonchev–Trinajstić information content (AvgIpc) is 3.20. The molecule has 2 aromatic carbocycles. The van der Waals surface area contributed by atoms with Crippen molar-refractivity contribution in [2.24, 2.45) is 0 Å². The molecule has 1 aromatic heterocycles. The fourth-order valence-corrected chi connectivity index (χ4v) is 2.86. The number of rotatable bonds is 6. The van der Waals surface area contributed by atoms with Crippen LogP contribution in [0.3, 0.4) is 0 Å². The molecule has 0 spiro atoms. The van der Waals surface area contributed by atoms with E-state index in [0.717, 1.165) is 5.56 Å². The second-order valence-corrected chi connectivity index (χ2v) is 6.91. The number of nitro groups is 1. The Balaban J connectivity index is 1.86. The summed E-state index contributed by atoms with van der Waals surface area (Å²) in [5.41, 5.74) is 3.00. The number of amides is 1. The van der Waals surface area contributed by atoms with Crippen molar-refractivity contribution in [1.29, 1.82) is 5.26 Å². The quantitative estimate of drug-likeness (QED) is 0.269. The fourth-order valence-electron chi connectivity index (χ4n) is 2.86. The van der Waals surface area contributed by atoms with Crippen molar-refractivity contribution in [2.75, 3.05) is 5.32 Å². The fraction of sp³-hybridized carbons (Fsp3) is 0.136. The molecule has 0 saturated heterocycles. The Morgan fingerprint density at radius 1 is 1.27 bits per heavy atom. The number of anilines is 1. The average molecular weight is 401 g/mol. The Hall–Kier alpha value is -4.25.